The fraction of sp³-hybridized carbons (Fsp3) is 0.281. The number of oxazole rings is 1. The van der Waals surface area contributed by atoms with Crippen molar-refractivity contribution in [2.24, 2.45) is 17.8 Å². The molecule has 0 amide bonds. The third-order valence-electron chi connectivity index (χ3n) is 11.3. The number of hydrogen-bond donors (Lipinski definition) is 1. The van der Waals surface area contributed by atoms with E-state index < -0.39 is 0 Å². The zero-order valence-corrected chi connectivity index (χ0v) is 44.4. The van der Waals surface area contributed by atoms with Gasteiger partial charge < -0.3 is 9.73 Å². The normalized spacial score (nSPS) is 10.9. The van der Waals surface area contributed by atoms with Crippen LogP contribution < -0.4 is 5.32 Å². The van der Waals surface area contributed by atoms with Gasteiger partial charge in [-0.2, -0.15) is 0 Å². The summed E-state index contributed by atoms with van der Waals surface area (Å²) in [4.78, 5) is 16.6. The first kappa shape index (κ1) is 54.7. The maximum Gasteiger partial charge on any atom is 0.195 e. The summed E-state index contributed by atoms with van der Waals surface area (Å²) in [6.45, 7) is 21.8. The van der Waals surface area contributed by atoms with Crippen LogP contribution >= 0.6 is 23.2 Å². The molecule has 0 bridgehead atoms. The molecule has 1 N–H and O–H groups in total. The average Bonchev–Trinajstić information content (AvgIpc) is 3.77. The summed E-state index contributed by atoms with van der Waals surface area (Å²) in [6.07, 6.45) is 2.66. The van der Waals surface area contributed by atoms with Crippen LogP contribution in [-0.4, -0.2) is 10.8 Å². The van der Waals surface area contributed by atoms with Gasteiger partial charge in [0, 0.05) is 35.2 Å². The Kier molecular flexibility index (Phi) is 21.8. The van der Waals surface area contributed by atoms with Crippen LogP contribution in [0.2, 0.25) is 10.0 Å². The van der Waals surface area contributed by atoms with Crippen molar-refractivity contribution in [2.45, 2.75) is 100 Å². The molecule has 0 spiro atoms. The van der Waals surface area contributed by atoms with Gasteiger partial charge in [-0.25, -0.2) is 4.98 Å². The number of anilines is 2. The maximum atomic E-state index is 11.9. The van der Waals surface area contributed by atoms with Gasteiger partial charge in [-0.15, -0.1) is 0 Å². The van der Waals surface area contributed by atoms with E-state index in [4.69, 9.17) is 32.6 Å². The summed E-state index contributed by atoms with van der Waals surface area (Å²) in [5.41, 5.74) is 12.2. The number of carbonyl (C=O) groups excluding carboxylic acids is 1. The third kappa shape index (κ3) is 17.3. The summed E-state index contributed by atoms with van der Waals surface area (Å²) in [6, 6.07) is 61.2. The predicted molar refractivity (Wildman–Crippen MR) is 301 cm³/mol. The number of Topliss-reactive ketones (excluding diaryl/α,β-unsaturated/α-hetero) is 1. The van der Waals surface area contributed by atoms with Gasteiger partial charge in [0.1, 0.15) is 5.69 Å². The first-order valence-electron chi connectivity index (χ1n) is 24.8. The molecule has 0 saturated carbocycles. The molecule has 364 valence electrons. The molecule has 4 nitrogen and oxygen atoms in total. The lowest BCUT2D eigenvalue weighted by Gasteiger charge is -2.16. The van der Waals surface area contributed by atoms with E-state index in [0.29, 0.717) is 40.1 Å². The van der Waals surface area contributed by atoms with Gasteiger partial charge in [0.05, 0.1) is 15.7 Å². The number of rotatable bonds is 14. The van der Waals surface area contributed by atoms with E-state index in [-0.39, 0.29) is 5.78 Å². The largest absolute Gasteiger partial charge is 0.440 e. The van der Waals surface area contributed by atoms with Gasteiger partial charge in [-0.3, -0.25) is 4.79 Å². The first-order valence-corrected chi connectivity index (χ1v) is 25.5. The molecule has 8 rings (SSSR count). The molecule has 0 aliphatic rings. The summed E-state index contributed by atoms with van der Waals surface area (Å²) in [5.74, 6) is 4.67. The summed E-state index contributed by atoms with van der Waals surface area (Å²) >= 11 is 12.3. The Balaban J connectivity index is 0.000000176. The van der Waals surface area contributed by atoms with Crippen LogP contribution in [0.5, 0.6) is 0 Å². The Morgan fingerprint density at radius 3 is 1.51 bits per heavy atom. The minimum absolute atomic E-state index is 0.226. The first-order chi connectivity index (χ1) is 33.6. The second kappa shape index (κ2) is 27.9. The van der Waals surface area contributed by atoms with Gasteiger partial charge in [-0.1, -0.05) is 256 Å². The zero-order valence-electron chi connectivity index (χ0n) is 42.8. The smallest absolute Gasteiger partial charge is 0.195 e. The molecule has 0 aliphatic heterocycles. The van der Waals surface area contributed by atoms with Gasteiger partial charge in [0.25, 0.3) is 0 Å². The molecule has 1 heterocycles. The highest BCUT2D eigenvalue weighted by Crippen LogP contribution is 2.36. The highest BCUT2D eigenvalue weighted by Gasteiger charge is 2.17. The number of carbonyl (C=O) groups is 1. The summed E-state index contributed by atoms with van der Waals surface area (Å²) in [5, 5.41) is 4.58. The lowest BCUT2D eigenvalue weighted by Crippen LogP contribution is -2.03. The second-order valence-electron chi connectivity index (χ2n) is 19.5. The molecule has 7 aromatic carbocycles. The van der Waals surface area contributed by atoms with Crippen LogP contribution in [0, 0.1) is 17.8 Å². The zero-order chi connectivity index (χ0) is 50.6. The van der Waals surface area contributed by atoms with Gasteiger partial charge in [0.2, 0.25) is 0 Å². The Bertz CT molecular complexity index is 2680. The van der Waals surface area contributed by atoms with E-state index in [1.165, 1.54) is 28.7 Å². The van der Waals surface area contributed by atoms with E-state index in [2.05, 4.69) is 141 Å². The Labute approximate surface area is 429 Å². The van der Waals surface area contributed by atoms with Crippen molar-refractivity contribution in [3.8, 4) is 33.7 Å². The van der Waals surface area contributed by atoms with Crippen molar-refractivity contribution in [3.05, 3.63) is 220 Å². The number of aromatic nitrogens is 1. The molecule has 1 aromatic heterocycles. The topological polar surface area (TPSA) is 55.1 Å². The average molecular weight is 972 g/mol. The Morgan fingerprint density at radius 2 is 1.00 bits per heavy atom. The molecule has 6 heteroatoms. The van der Waals surface area contributed by atoms with Crippen molar-refractivity contribution < 1.29 is 9.21 Å². The van der Waals surface area contributed by atoms with E-state index in [1.54, 1.807) is 0 Å². The summed E-state index contributed by atoms with van der Waals surface area (Å²) in [7, 11) is 0. The molecule has 0 aliphatic carbocycles. The van der Waals surface area contributed by atoms with E-state index >= 15 is 0 Å². The van der Waals surface area contributed by atoms with Crippen molar-refractivity contribution in [1.29, 1.82) is 0 Å². The number of nitrogens with one attached hydrogen (secondary N) is 1. The molecule has 0 atom stereocenters. The van der Waals surface area contributed by atoms with Gasteiger partial charge in [0.15, 0.2) is 17.4 Å². The number of nitrogens with zero attached hydrogens (tertiary/aromatic N) is 1. The number of benzene rings is 7. The van der Waals surface area contributed by atoms with Crippen molar-refractivity contribution in [1.82, 2.24) is 4.98 Å². The lowest BCUT2D eigenvalue weighted by molar-refractivity contribution is 0.0968. The van der Waals surface area contributed by atoms with Crippen LogP contribution in [0.15, 0.2) is 186 Å². The van der Waals surface area contributed by atoms with Crippen molar-refractivity contribution in [2.75, 3.05) is 5.32 Å². The molecular weight excluding hydrogens is 900 g/mol. The lowest BCUT2D eigenvalue weighted by atomic mass is 9.98. The van der Waals surface area contributed by atoms with E-state index in [1.807, 2.05) is 115 Å². The van der Waals surface area contributed by atoms with Crippen LogP contribution in [0.3, 0.4) is 0 Å². The standard InChI is InChI=1S/C19H19NO.C17H18O.C15H15Cl2N.C13H20/c1-14(2)13-17-20-18(15-9-5-3-6-10-15)19(21-17)16-11-7-4-8-12-16;1-13(2)12-17(18)16-10-8-15(9-11-16)14-6-4-3-5-7-14;1-10(2)11-6-3-4-9-14(11)18-15-12(16)7-5-8-13(15)17;1-10(2)9-12-5-7-13(8-6-12)11(3)4/h3-12,14H,13H2,1-2H3;3-11,13H,12H2,1-2H3;3-10,18H,1-2H3;5-8,10-11H,9H2,1-4H3. The molecule has 0 radical (unpaired) electrons. The molecular formula is C64H72Cl2N2O2. The maximum absolute atomic E-state index is 11.9. The molecule has 70 heavy (non-hydrogen) atoms. The van der Waals surface area contributed by atoms with Gasteiger partial charge in [-0.05, 0) is 82.0 Å². The summed E-state index contributed by atoms with van der Waals surface area (Å²) < 4.78 is 6.05. The quantitative estimate of drug-likeness (QED) is 0.110. The van der Waals surface area contributed by atoms with Crippen LogP contribution in [-0.2, 0) is 12.8 Å². The van der Waals surface area contributed by atoms with Crippen LogP contribution in [0.1, 0.15) is 120 Å². The number of para-hydroxylation sites is 2. The number of halogens is 2. The van der Waals surface area contributed by atoms with E-state index in [9.17, 15) is 4.79 Å². The minimum Gasteiger partial charge on any atom is -0.440 e. The van der Waals surface area contributed by atoms with Gasteiger partial charge >= 0.3 is 0 Å². The molecule has 0 unspecified atom stereocenters. The number of hydrogen-bond acceptors (Lipinski definition) is 4. The molecule has 0 fully saturated rings. The monoisotopic (exact) mass is 970 g/mol. The Hall–Kier alpha value is -6.20. The minimum atomic E-state index is 0.226. The molecule has 8 aromatic rings. The van der Waals surface area contributed by atoms with Crippen LogP contribution in [0.4, 0.5) is 11.4 Å². The highest BCUT2D eigenvalue weighted by atomic mass is 35.5. The van der Waals surface area contributed by atoms with Crippen molar-refractivity contribution in [3.63, 3.8) is 0 Å². The van der Waals surface area contributed by atoms with Crippen LogP contribution in [0.25, 0.3) is 33.7 Å². The fourth-order valence-corrected chi connectivity index (χ4v) is 8.21. The second-order valence-corrected chi connectivity index (χ2v) is 20.4. The number of ketones is 1. The third-order valence-corrected chi connectivity index (χ3v) is 12.0. The SMILES string of the molecule is CC(C)CC(=O)c1ccc(-c2ccccc2)cc1.CC(C)Cc1ccc(C(C)C)cc1.CC(C)Cc1nc(-c2ccccc2)c(-c2ccccc2)o1.CC(C)c1ccccc1Nc1c(Cl)cccc1Cl. The van der Waals surface area contributed by atoms with E-state index in [0.717, 1.165) is 63.3 Å². The Morgan fingerprint density at radius 1 is 0.500 bits per heavy atom. The van der Waals surface area contributed by atoms with Crippen molar-refractivity contribution >= 4 is 40.4 Å². The highest BCUT2D eigenvalue weighted by molar-refractivity contribution is 6.39. The predicted octanol–water partition coefficient (Wildman–Crippen LogP) is 19.7. The fourth-order valence-electron chi connectivity index (χ4n) is 7.72. The molecule has 0 saturated heterocycles.